The van der Waals surface area contributed by atoms with Crippen molar-refractivity contribution < 1.29 is 0 Å². The van der Waals surface area contributed by atoms with Gasteiger partial charge >= 0.3 is 0 Å². The van der Waals surface area contributed by atoms with E-state index in [4.69, 9.17) is 0 Å². The lowest BCUT2D eigenvalue weighted by Crippen LogP contribution is -2.38. The highest BCUT2D eigenvalue weighted by atomic mass is 14.9. The topological polar surface area (TPSA) is 12.0 Å². The summed E-state index contributed by atoms with van der Waals surface area (Å²) in [5.41, 5.74) is 0. The largest absolute Gasteiger partial charge is 0.312 e. The van der Waals surface area contributed by atoms with E-state index in [0.29, 0.717) is 12.1 Å². The van der Waals surface area contributed by atoms with Crippen LogP contribution in [-0.4, -0.2) is 12.1 Å². The van der Waals surface area contributed by atoms with Gasteiger partial charge in [0.25, 0.3) is 0 Å². The lowest BCUT2D eigenvalue weighted by molar-refractivity contribution is 0.342. The van der Waals surface area contributed by atoms with E-state index in [1.165, 1.54) is 25.7 Å². The fraction of sp³-hybridized carbons (Fsp3) is 1.00. The zero-order chi connectivity index (χ0) is 10.3. The van der Waals surface area contributed by atoms with E-state index in [0.717, 1.165) is 5.92 Å². The van der Waals surface area contributed by atoms with Crippen molar-refractivity contribution >= 4 is 0 Å². The molecule has 0 aromatic heterocycles. The number of nitrogens with one attached hydrogen (secondary N) is 1. The van der Waals surface area contributed by atoms with Crippen molar-refractivity contribution in [2.75, 3.05) is 0 Å². The molecule has 0 heterocycles. The van der Waals surface area contributed by atoms with Crippen LogP contribution in [-0.2, 0) is 0 Å². The second-order valence-corrected chi connectivity index (χ2v) is 4.67. The summed E-state index contributed by atoms with van der Waals surface area (Å²) < 4.78 is 0. The Morgan fingerprint density at radius 3 is 2.00 bits per heavy atom. The first-order valence-corrected chi connectivity index (χ1v) is 5.84. The van der Waals surface area contributed by atoms with Crippen LogP contribution in [0.15, 0.2) is 0 Å². The molecule has 0 aliphatic heterocycles. The van der Waals surface area contributed by atoms with Crippen LogP contribution >= 0.6 is 0 Å². The summed E-state index contributed by atoms with van der Waals surface area (Å²) in [5.74, 6) is 0.763. The maximum absolute atomic E-state index is 3.64. The summed E-state index contributed by atoms with van der Waals surface area (Å²) in [5, 5.41) is 3.64. The zero-order valence-corrected chi connectivity index (χ0v) is 10.1. The van der Waals surface area contributed by atoms with Gasteiger partial charge in [0.05, 0.1) is 0 Å². The van der Waals surface area contributed by atoms with Gasteiger partial charge in [-0.15, -0.1) is 0 Å². The van der Waals surface area contributed by atoms with Crippen LogP contribution in [0.5, 0.6) is 0 Å². The first kappa shape index (κ1) is 13.0. The van der Waals surface area contributed by atoms with E-state index in [1.54, 1.807) is 0 Å². The predicted molar refractivity (Wildman–Crippen MR) is 61.0 cm³/mol. The second kappa shape index (κ2) is 7.37. The highest BCUT2D eigenvalue weighted by Gasteiger charge is 2.12. The highest BCUT2D eigenvalue weighted by Crippen LogP contribution is 2.11. The first-order valence-electron chi connectivity index (χ1n) is 5.84. The number of hydrogen-bond donors (Lipinski definition) is 1. The van der Waals surface area contributed by atoms with E-state index in [-0.39, 0.29) is 0 Å². The third-order valence-electron chi connectivity index (χ3n) is 2.47. The van der Waals surface area contributed by atoms with E-state index < -0.39 is 0 Å². The molecule has 13 heavy (non-hydrogen) atoms. The van der Waals surface area contributed by atoms with Gasteiger partial charge in [0.15, 0.2) is 0 Å². The minimum absolute atomic E-state index is 0.619. The Labute approximate surface area is 84.3 Å². The molecule has 0 aliphatic carbocycles. The van der Waals surface area contributed by atoms with E-state index in [9.17, 15) is 0 Å². The molecular weight excluding hydrogens is 158 g/mol. The molecule has 0 rings (SSSR count). The summed E-state index contributed by atoms with van der Waals surface area (Å²) in [6.45, 7) is 11.3. The zero-order valence-electron chi connectivity index (χ0n) is 10.1. The Hall–Kier alpha value is -0.0400. The first-order chi connectivity index (χ1) is 6.07. The molecule has 1 atom stereocenters. The molecular formula is C12H27N. The fourth-order valence-electron chi connectivity index (χ4n) is 1.65. The average molecular weight is 185 g/mol. The average Bonchev–Trinajstić information content (AvgIpc) is 2.02. The van der Waals surface area contributed by atoms with Gasteiger partial charge in [-0.05, 0) is 12.3 Å². The van der Waals surface area contributed by atoms with Gasteiger partial charge in [0.2, 0.25) is 0 Å². The van der Waals surface area contributed by atoms with E-state index in [2.05, 4.69) is 39.9 Å². The van der Waals surface area contributed by atoms with Crippen molar-refractivity contribution in [1.29, 1.82) is 0 Å². The molecule has 1 N–H and O–H groups in total. The normalized spacial score (nSPS) is 14.1. The maximum atomic E-state index is 3.64. The lowest BCUT2D eigenvalue weighted by Gasteiger charge is -2.24. The molecule has 1 unspecified atom stereocenters. The molecule has 0 amide bonds. The predicted octanol–water partition coefficient (Wildman–Crippen LogP) is 3.59. The third-order valence-corrected chi connectivity index (χ3v) is 2.47. The minimum atomic E-state index is 0.619. The molecule has 0 saturated carbocycles. The second-order valence-electron chi connectivity index (χ2n) is 4.67. The van der Waals surface area contributed by atoms with Gasteiger partial charge in [-0.3, -0.25) is 0 Å². The number of rotatable bonds is 7. The van der Waals surface area contributed by atoms with Crippen molar-refractivity contribution in [2.24, 2.45) is 5.92 Å². The Morgan fingerprint density at radius 2 is 1.62 bits per heavy atom. The van der Waals surface area contributed by atoms with Crippen molar-refractivity contribution in [2.45, 2.75) is 72.4 Å². The summed E-state index contributed by atoms with van der Waals surface area (Å²) in [7, 11) is 0. The highest BCUT2D eigenvalue weighted by molar-refractivity contribution is 4.72. The number of hydrogen-bond acceptors (Lipinski definition) is 1. The summed E-state index contributed by atoms with van der Waals surface area (Å²) in [6, 6.07) is 1.33. The van der Waals surface area contributed by atoms with Crippen LogP contribution in [0.4, 0.5) is 0 Å². The van der Waals surface area contributed by atoms with Crippen molar-refractivity contribution in [3.63, 3.8) is 0 Å². The Morgan fingerprint density at radius 1 is 1.00 bits per heavy atom. The lowest BCUT2D eigenvalue weighted by atomic mass is 9.97. The molecule has 0 aromatic carbocycles. The van der Waals surface area contributed by atoms with Crippen LogP contribution in [0.1, 0.15) is 60.3 Å². The summed E-state index contributed by atoms with van der Waals surface area (Å²) in [4.78, 5) is 0. The fourth-order valence-corrected chi connectivity index (χ4v) is 1.65. The molecule has 0 bridgehead atoms. The van der Waals surface area contributed by atoms with Crippen LogP contribution in [0, 0.1) is 5.92 Å². The van der Waals surface area contributed by atoms with Crippen molar-refractivity contribution in [1.82, 2.24) is 5.32 Å². The summed E-state index contributed by atoms with van der Waals surface area (Å²) in [6.07, 6.45) is 5.41. The van der Waals surface area contributed by atoms with Crippen LogP contribution < -0.4 is 5.32 Å². The molecule has 0 spiro atoms. The molecule has 80 valence electrons. The quantitative estimate of drug-likeness (QED) is 0.598. The van der Waals surface area contributed by atoms with E-state index >= 15 is 0 Å². The van der Waals surface area contributed by atoms with Gasteiger partial charge in [-0.2, -0.15) is 0 Å². The van der Waals surface area contributed by atoms with E-state index in [1.807, 2.05) is 0 Å². The molecule has 0 radical (unpaired) electrons. The standard InChI is InChI=1S/C12H27N/c1-6-7-8-9-12(10(2)3)13-11(4)5/h10-13H,6-9H2,1-5H3. The van der Waals surface area contributed by atoms with Crippen LogP contribution in [0.2, 0.25) is 0 Å². The Kier molecular flexibility index (Phi) is 7.35. The van der Waals surface area contributed by atoms with Crippen LogP contribution in [0.25, 0.3) is 0 Å². The summed E-state index contributed by atoms with van der Waals surface area (Å²) >= 11 is 0. The van der Waals surface area contributed by atoms with Crippen molar-refractivity contribution in [3.05, 3.63) is 0 Å². The SMILES string of the molecule is CCCCCC(NC(C)C)C(C)C. The third kappa shape index (κ3) is 7.06. The number of unbranched alkanes of at least 4 members (excludes halogenated alkanes) is 2. The van der Waals surface area contributed by atoms with Crippen molar-refractivity contribution in [3.8, 4) is 0 Å². The van der Waals surface area contributed by atoms with Crippen LogP contribution in [0.3, 0.4) is 0 Å². The molecule has 0 aliphatic rings. The molecule has 0 aromatic rings. The minimum Gasteiger partial charge on any atom is -0.312 e. The Balaban J connectivity index is 3.67. The van der Waals surface area contributed by atoms with Gasteiger partial charge in [0.1, 0.15) is 0 Å². The molecule has 1 heteroatoms. The van der Waals surface area contributed by atoms with Gasteiger partial charge in [-0.1, -0.05) is 53.9 Å². The molecule has 0 saturated heterocycles. The maximum Gasteiger partial charge on any atom is 0.00924 e. The van der Waals surface area contributed by atoms with Gasteiger partial charge < -0.3 is 5.32 Å². The monoisotopic (exact) mass is 185 g/mol. The molecule has 1 nitrogen and oxygen atoms in total. The van der Waals surface area contributed by atoms with Gasteiger partial charge in [-0.25, -0.2) is 0 Å². The Bertz CT molecular complexity index is 108. The molecule has 0 fully saturated rings. The smallest absolute Gasteiger partial charge is 0.00924 e. The van der Waals surface area contributed by atoms with Gasteiger partial charge in [0, 0.05) is 12.1 Å².